The Bertz CT molecular complexity index is 376. The molecule has 2 N–H and O–H groups in total. The summed E-state index contributed by atoms with van der Waals surface area (Å²) in [5, 5.41) is 19.7. The van der Waals surface area contributed by atoms with Gasteiger partial charge in [-0.1, -0.05) is 19.1 Å². The molecule has 1 aliphatic heterocycles. The fourth-order valence-corrected chi connectivity index (χ4v) is 2.39. The summed E-state index contributed by atoms with van der Waals surface area (Å²) in [5.41, 5.74) is 1.65. The quantitative estimate of drug-likeness (QED) is 0.865. The van der Waals surface area contributed by atoms with E-state index in [-0.39, 0.29) is 6.10 Å². The van der Waals surface area contributed by atoms with Crippen LogP contribution in [0.5, 0.6) is 0 Å². The van der Waals surface area contributed by atoms with E-state index in [0.29, 0.717) is 0 Å². The maximum absolute atomic E-state index is 9.93. The molecule has 1 aliphatic rings. The smallest absolute Gasteiger partial charge is 0.0787 e. The van der Waals surface area contributed by atoms with E-state index in [9.17, 15) is 10.2 Å². The SMILES string of the molecule is CC[C@@H](O)c1ccc(N2CCC(C)(O)CC2)cc1. The van der Waals surface area contributed by atoms with Crippen molar-refractivity contribution >= 4 is 5.69 Å². The summed E-state index contributed by atoms with van der Waals surface area (Å²) in [6, 6.07) is 8.12. The second-order valence-corrected chi connectivity index (χ2v) is 5.50. The van der Waals surface area contributed by atoms with Gasteiger partial charge in [0.05, 0.1) is 11.7 Å². The first-order valence-corrected chi connectivity index (χ1v) is 6.77. The van der Waals surface area contributed by atoms with Crippen molar-refractivity contribution in [3.8, 4) is 0 Å². The van der Waals surface area contributed by atoms with E-state index in [0.717, 1.165) is 37.9 Å². The Morgan fingerprint density at radius 3 is 2.28 bits per heavy atom. The van der Waals surface area contributed by atoms with Crippen LogP contribution in [0.3, 0.4) is 0 Å². The third-order valence-electron chi connectivity index (χ3n) is 3.87. The van der Waals surface area contributed by atoms with Crippen LogP contribution in [-0.4, -0.2) is 28.9 Å². The van der Waals surface area contributed by atoms with Crippen LogP contribution in [0.2, 0.25) is 0 Å². The van der Waals surface area contributed by atoms with Crippen LogP contribution < -0.4 is 4.90 Å². The molecule has 0 aromatic heterocycles. The van der Waals surface area contributed by atoms with Crippen molar-refractivity contribution in [3.63, 3.8) is 0 Å². The van der Waals surface area contributed by atoms with Gasteiger partial charge in [-0.05, 0) is 43.9 Å². The topological polar surface area (TPSA) is 43.7 Å². The highest BCUT2D eigenvalue weighted by molar-refractivity contribution is 5.48. The molecule has 0 spiro atoms. The summed E-state index contributed by atoms with van der Waals surface area (Å²) in [5.74, 6) is 0. The zero-order chi connectivity index (χ0) is 13.2. The first-order chi connectivity index (χ1) is 8.52. The number of rotatable bonds is 3. The average molecular weight is 249 g/mol. The van der Waals surface area contributed by atoms with Crippen molar-refractivity contribution in [2.24, 2.45) is 0 Å². The minimum Gasteiger partial charge on any atom is -0.390 e. The van der Waals surface area contributed by atoms with Crippen LogP contribution in [0, 0.1) is 0 Å². The van der Waals surface area contributed by atoms with Crippen molar-refractivity contribution in [2.45, 2.75) is 44.8 Å². The predicted octanol–water partition coefficient (Wildman–Crippen LogP) is 2.48. The summed E-state index contributed by atoms with van der Waals surface area (Å²) in [4.78, 5) is 2.29. The summed E-state index contributed by atoms with van der Waals surface area (Å²) in [7, 11) is 0. The largest absolute Gasteiger partial charge is 0.390 e. The van der Waals surface area contributed by atoms with Gasteiger partial charge < -0.3 is 15.1 Å². The van der Waals surface area contributed by atoms with Gasteiger partial charge in [-0.15, -0.1) is 0 Å². The number of piperidine rings is 1. The number of anilines is 1. The Morgan fingerprint density at radius 1 is 1.22 bits per heavy atom. The van der Waals surface area contributed by atoms with Gasteiger partial charge in [-0.2, -0.15) is 0 Å². The molecule has 0 bridgehead atoms. The van der Waals surface area contributed by atoms with Gasteiger partial charge in [0, 0.05) is 18.8 Å². The maximum Gasteiger partial charge on any atom is 0.0787 e. The molecule has 100 valence electrons. The first kappa shape index (κ1) is 13.4. The molecule has 0 radical (unpaired) electrons. The second-order valence-electron chi connectivity index (χ2n) is 5.50. The number of nitrogens with zero attached hydrogens (tertiary/aromatic N) is 1. The van der Waals surface area contributed by atoms with E-state index >= 15 is 0 Å². The summed E-state index contributed by atoms with van der Waals surface area (Å²) < 4.78 is 0. The highest BCUT2D eigenvalue weighted by Crippen LogP contribution is 2.27. The molecule has 1 fully saturated rings. The zero-order valence-electron chi connectivity index (χ0n) is 11.3. The molecule has 3 heteroatoms. The van der Waals surface area contributed by atoms with Gasteiger partial charge in [0.25, 0.3) is 0 Å². The third kappa shape index (κ3) is 3.03. The molecule has 2 rings (SSSR count). The van der Waals surface area contributed by atoms with Crippen LogP contribution in [-0.2, 0) is 0 Å². The van der Waals surface area contributed by atoms with Gasteiger partial charge >= 0.3 is 0 Å². The summed E-state index contributed by atoms with van der Waals surface area (Å²) >= 11 is 0. The van der Waals surface area contributed by atoms with E-state index in [1.807, 2.05) is 26.0 Å². The van der Waals surface area contributed by atoms with E-state index in [1.54, 1.807) is 0 Å². The van der Waals surface area contributed by atoms with Gasteiger partial charge in [0.15, 0.2) is 0 Å². The number of hydrogen-bond acceptors (Lipinski definition) is 3. The Balaban J connectivity index is 2.02. The lowest BCUT2D eigenvalue weighted by Crippen LogP contribution is -2.42. The fourth-order valence-electron chi connectivity index (χ4n) is 2.39. The van der Waals surface area contributed by atoms with Crippen LogP contribution in [0.4, 0.5) is 5.69 Å². The molecule has 1 heterocycles. The molecular formula is C15H23NO2. The van der Waals surface area contributed by atoms with Crippen molar-refractivity contribution < 1.29 is 10.2 Å². The number of aliphatic hydroxyl groups is 2. The predicted molar refractivity (Wildman–Crippen MR) is 73.8 cm³/mol. The molecule has 0 aliphatic carbocycles. The van der Waals surface area contributed by atoms with Crippen molar-refractivity contribution in [3.05, 3.63) is 29.8 Å². The van der Waals surface area contributed by atoms with Crippen LogP contribution in [0.1, 0.15) is 44.8 Å². The Morgan fingerprint density at radius 2 is 1.78 bits per heavy atom. The van der Waals surface area contributed by atoms with Crippen LogP contribution >= 0.6 is 0 Å². The van der Waals surface area contributed by atoms with Gasteiger partial charge in [0.1, 0.15) is 0 Å². The molecule has 3 nitrogen and oxygen atoms in total. The number of benzene rings is 1. The van der Waals surface area contributed by atoms with Crippen LogP contribution in [0.25, 0.3) is 0 Å². The Kier molecular flexibility index (Phi) is 3.93. The van der Waals surface area contributed by atoms with Gasteiger partial charge in [-0.25, -0.2) is 0 Å². The summed E-state index contributed by atoms with van der Waals surface area (Å²) in [6.45, 7) is 5.67. The van der Waals surface area contributed by atoms with E-state index in [1.165, 1.54) is 5.69 Å². The molecule has 1 saturated heterocycles. The first-order valence-electron chi connectivity index (χ1n) is 6.77. The van der Waals surface area contributed by atoms with Crippen molar-refractivity contribution in [1.29, 1.82) is 0 Å². The molecule has 1 aromatic carbocycles. The molecule has 18 heavy (non-hydrogen) atoms. The molecule has 0 saturated carbocycles. The van der Waals surface area contributed by atoms with E-state index in [2.05, 4.69) is 17.0 Å². The highest BCUT2D eigenvalue weighted by Gasteiger charge is 2.27. The highest BCUT2D eigenvalue weighted by atomic mass is 16.3. The number of hydrogen-bond donors (Lipinski definition) is 2. The minimum absolute atomic E-state index is 0.360. The molecule has 0 amide bonds. The van der Waals surface area contributed by atoms with Crippen molar-refractivity contribution in [2.75, 3.05) is 18.0 Å². The fraction of sp³-hybridized carbons (Fsp3) is 0.600. The molecular weight excluding hydrogens is 226 g/mol. The lowest BCUT2D eigenvalue weighted by molar-refractivity contribution is 0.0351. The Hall–Kier alpha value is -1.06. The zero-order valence-corrected chi connectivity index (χ0v) is 11.3. The molecule has 1 atom stereocenters. The lowest BCUT2D eigenvalue weighted by Gasteiger charge is -2.37. The number of aliphatic hydroxyl groups excluding tert-OH is 1. The second kappa shape index (κ2) is 5.29. The Labute approximate surface area is 109 Å². The normalized spacial score (nSPS) is 20.8. The van der Waals surface area contributed by atoms with Gasteiger partial charge in [0.2, 0.25) is 0 Å². The third-order valence-corrected chi connectivity index (χ3v) is 3.87. The minimum atomic E-state index is -0.505. The standard InChI is InChI=1S/C15H23NO2/c1-3-14(17)12-4-6-13(7-5-12)16-10-8-15(2,18)9-11-16/h4-7,14,17-18H,3,8-11H2,1-2H3/t14-/m1/s1. The lowest BCUT2D eigenvalue weighted by atomic mass is 9.93. The summed E-state index contributed by atoms with van der Waals surface area (Å²) in [6.07, 6.45) is 2.01. The van der Waals surface area contributed by atoms with Crippen molar-refractivity contribution in [1.82, 2.24) is 0 Å². The molecule has 0 unspecified atom stereocenters. The van der Waals surface area contributed by atoms with E-state index in [4.69, 9.17) is 0 Å². The molecule has 1 aromatic rings. The maximum atomic E-state index is 9.93. The monoisotopic (exact) mass is 249 g/mol. The van der Waals surface area contributed by atoms with Gasteiger partial charge in [-0.3, -0.25) is 0 Å². The van der Waals surface area contributed by atoms with Crippen LogP contribution in [0.15, 0.2) is 24.3 Å². The average Bonchev–Trinajstić information content (AvgIpc) is 2.38. The van der Waals surface area contributed by atoms with E-state index < -0.39 is 5.60 Å².